The summed E-state index contributed by atoms with van der Waals surface area (Å²) in [6, 6.07) is 8.35. The maximum absolute atomic E-state index is 12.8. The second-order valence-corrected chi connectivity index (χ2v) is 8.57. The van der Waals surface area contributed by atoms with E-state index in [0.717, 1.165) is 44.6 Å². The molecule has 1 aromatic carbocycles. The first-order valence-corrected chi connectivity index (χ1v) is 10.9. The van der Waals surface area contributed by atoms with Gasteiger partial charge in [0.05, 0.1) is 6.61 Å². The number of hydrogen-bond acceptors (Lipinski definition) is 4. The van der Waals surface area contributed by atoms with Gasteiger partial charge in [0, 0.05) is 31.6 Å². The minimum atomic E-state index is -0.0684. The molecule has 0 aromatic heterocycles. The zero-order valence-corrected chi connectivity index (χ0v) is 18.5. The number of halogens is 1. The van der Waals surface area contributed by atoms with Crippen molar-refractivity contribution in [2.24, 2.45) is 11.1 Å². The molecule has 1 saturated heterocycles. The summed E-state index contributed by atoms with van der Waals surface area (Å²) in [6.45, 7) is 5.38. The Labute approximate surface area is 181 Å². The van der Waals surface area contributed by atoms with Crippen LogP contribution in [0.25, 0.3) is 0 Å². The SMILES string of the molecule is CCOc1ccc(C2(CNC(=O)CC3(CN)CCCCC3)CCOCC2)cc1.Cl. The molecule has 0 atom stereocenters. The number of carbonyl (C=O) groups excluding carboxylic acids is 1. The molecule has 1 aliphatic carbocycles. The molecule has 29 heavy (non-hydrogen) atoms. The number of nitrogens with two attached hydrogens (primary N) is 1. The molecule has 0 spiro atoms. The summed E-state index contributed by atoms with van der Waals surface area (Å²) in [4.78, 5) is 12.8. The molecule has 1 saturated carbocycles. The van der Waals surface area contributed by atoms with Gasteiger partial charge in [-0.15, -0.1) is 12.4 Å². The first-order valence-electron chi connectivity index (χ1n) is 10.9. The zero-order chi connectivity index (χ0) is 19.9. The van der Waals surface area contributed by atoms with Crippen LogP contribution in [0.4, 0.5) is 0 Å². The normalized spacial score (nSPS) is 20.3. The molecule has 1 amide bonds. The first-order chi connectivity index (χ1) is 13.6. The van der Waals surface area contributed by atoms with Crippen molar-refractivity contribution in [1.82, 2.24) is 5.32 Å². The van der Waals surface area contributed by atoms with Crippen LogP contribution in [0.2, 0.25) is 0 Å². The third kappa shape index (κ3) is 6.09. The number of nitrogens with one attached hydrogen (secondary N) is 1. The minimum Gasteiger partial charge on any atom is -0.494 e. The lowest BCUT2D eigenvalue weighted by Gasteiger charge is -2.39. The van der Waals surface area contributed by atoms with Gasteiger partial charge in [-0.1, -0.05) is 31.4 Å². The van der Waals surface area contributed by atoms with Gasteiger partial charge in [-0.2, -0.15) is 0 Å². The van der Waals surface area contributed by atoms with Gasteiger partial charge in [0.25, 0.3) is 0 Å². The molecule has 3 rings (SSSR count). The number of amides is 1. The van der Waals surface area contributed by atoms with Crippen molar-refractivity contribution in [2.45, 2.75) is 63.7 Å². The molecule has 1 aromatic rings. The van der Waals surface area contributed by atoms with E-state index in [9.17, 15) is 4.79 Å². The van der Waals surface area contributed by atoms with E-state index in [-0.39, 0.29) is 29.1 Å². The summed E-state index contributed by atoms with van der Waals surface area (Å²) in [5, 5.41) is 3.26. The predicted molar refractivity (Wildman–Crippen MR) is 119 cm³/mol. The van der Waals surface area contributed by atoms with Crippen LogP contribution < -0.4 is 15.8 Å². The summed E-state index contributed by atoms with van der Waals surface area (Å²) in [5.74, 6) is 1.03. The van der Waals surface area contributed by atoms with E-state index >= 15 is 0 Å². The number of carbonyl (C=O) groups is 1. The van der Waals surface area contributed by atoms with Crippen molar-refractivity contribution in [3.8, 4) is 5.75 Å². The molecular weight excluding hydrogens is 388 g/mol. The predicted octanol–water partition coefficient (Wildman–Crippen LogP) is 3.97. The van der Waals surface area contributed by atoms with Crippen molar-refractivity contribution < 1.29 is 14.3 Å². The summed E-state index contributed by atoms with van der Waals surface area (Å²) in [7, 11) is 0. The molecule has 0 unspecified atom stereocenters. The third-order valence-corrected chi connectivity index (χ3v) is 6.73. The highest BCUT2D eigenvalue weighted by Crippen LogP contribution is 2.39. The molecular formula is C23H37ClN2O3. The highest BCUT2D eigenvalue weighted by atomic mass is 35.5. The number of hydrogen-bond donors (Lipinski definition) is 2. The lowest BCUT2D eigenvalue weighted by Crippen LogP contribution is -2.46. The van der Waals surface area contributed by atoms with Gasteiger partial charge >= 0.3 is 0 Å². The topological polar surface area (TPSA) is 73.6 Å². The largest absolute Gasteiger partial charge is 0.494 e. The zero-order valence-electron chi connectivity index (χ0n) is 17.7. The average Bonchev–Trinajstić information content (AvgIpc) is 2.74. The van der Waals surface area contributed by atoms with Crippen LogP contribution in [0.1, 0.15) is 63.9 Å². The maximum Gasteiger partial charge on any atom is 0.220 e. The summed E-state index contributed by atoms with van der Waals surface area (Å²) >= 11 is 0. The van der Waals surface area contributed by atoms with Gasteiger partial charge < -0.3 is 20.5 Å². The minimum absolute atomic E-state index is 0. The summed E-state index contributed by atoms with van der Waals surface area (Å²) < 4.78 is 11.2. The smallest absolute Gasteiger partial charge is 0.220 e. The Morgan fingerprint density at radius 1 is 1.10 bits per heavy atom. The quantitative estimate of drug-likeness (QED) is 0.662. The standard InChI is InChI=1S/C23H36N2O3.ClH/c1-2-28-20-8-6-19(7-9-20)23(12-14-27-15-13-23)18-25-21(26)16-22(17-24)10-4-3-5-11-22;/h6-9H,2-5,10-18,24H2,1H3,(H,25,26);1H. The van der Waals surface area contributed by atoms with Crippen LogP contribution >= 0.6 is 12.4 Å². The molecule has 2 aliphatic rings. The summed E-state index contributed by atoms with van der Waals surface area (Å²) in [5.41, 5.74) is 7.26. The highest BCUT2D eigenvalue weighted by Gasteiger charge is 2.37. The van der Waals surface area contributed by atoms with Crippen molar-refractivity contribution in [3.63, 3.8) is 0 Å². The van der Waals surface area contributed by atoms with E-state index in [2.05, 4.69) is 17.4 Å². The van der Waals surface area contributed by atoms with Crippen molar-refractivity contribution in [2.75, 3.05) is 32.9 Å². The average molecular weight is 425 g/mol. The third-order valence-electron chi connectivity index (χ3n) is 6.73. The van der Waals surface area contributed by atoms with E-state index in [1.54, 1.807) is 0 Å². The molecule has 5 nitrogen and oxygen atoms in total. The van der Waals surface area contributed by atoms with Crippen LogP contribution in [0.5, 0.6) is 5.75 Å². The maximum atomic E-state index is 12.8. The monoisotopic (exact) mass is 424 g/mol. The van der Waals surface area contributed by atoms with Gasteiger partial charge in [0.2, 0.25) is 5.91 Å². The van der Waals surface area contributed by atoms with Crippen molar-refractivity contribution in [3.05, 3.63) is 29.8 Å². The Morgan fingerprint density at radius 3 is 2.34 bits per heavy atom. The lowest BCUT2D eigenvalue weighted by atomic mass is 9.71. The van der Waals surface area contributed by atoms with Crippen molar-refractivity contribution in [1.29, 1.82) is 0 Å². The fourth-order valence-electron chi connectivity index (χ4n) is 4.83. The van der Waals surface area contributed by atoms with Gasteiger partial charge in [-0.25, -0.2) is 0 Å². The second kappa shape index (κ2) is 11.2. The molecule has 2 fully saturated rings. The Morgan fingerprint density at radius 2 is 1.76 bits per heavy atom. The lowest BCUT2D eigenvalue weighted by molar-refractivity contribution is -0.124. The highest BCUT2D eigenvalue weighted by molar-refractivity contribution is 5.85. The first kappa shape index (κ1) is 24.0. The van der Waals surface area contributed by atoms with Crippen LogP contribution in [0.3, 0.4) is 0 Å². The van der Waals surface area contributed by atoms with Gasteiger partial charge in [-0.05, 0) is 62.3 Å². The Hall–Kier alpha value is -1.30. The second-order valence-electron chi connectivity index (χ2n) is 8.57. The van der Waals surface area contributed by atoms with Gasteiger partial charge in [0.1, 0.15) is 5.75 Å². The fraction of sp³-hybridized carbons (Fsp3) is 0.696. The van der Waals surface area contributed by atoms with Crippen LogP contribution in [-0.2, 0) is 14.9 Å². The van der Waals surface area contributed by atoms with E-state index in [1.807, 2.05) is 19.1 Å². The van der Waals surface area contributed by atoms with E-state index in [0.29, 0.717) is 26.1 Å². The van der Waals surface area contributed by atoms with E-state index in [4.69, 9.17) is 15.2 Å². The van der Waals surface area contributed by atoms with Crippen LogP contribution in [0.15, 0.2) is 24.3 Å². The number of benzene rings is 1. The van der Waals surface area contributed by atoms with Crippen LogP contribution in [-0.4, -0.2) is 38.8 Å². The Bertz CT molecular complexity index is 624. The fourth-order valence-corrected chi connectivity index (χ4v) is 4.83. The van der Waals surface area contributed by atoms with E-state index in [1.165, 1.54) is 24.8 Å². The molecule has 6 heteroatoms. The van der Waals surface area contributed by atoms with Crippen molar-refractivity contribution >= 4 is 18.3 Å². The Balaban J connectivity index is 0.00000300. The molecule has 1 heterocycles. The Kier molecular flexibility index (Phi) is 9.25. The molecule has 1 aliphatic heterocycles. The van der Waals surface area contributed by atoms with Crippen LogP contribution in [0, 0.1) is 5.41 Å². The number of rotatable bonds is 8. The van der Waals surface area contributed by atoms with E-state index < -0.39 is 0 Å². The van der Waals surface area contributed by atoms with Gasteiger partial charge in [0.15, 0.2) is 0 Å². The molecule has 0 radical (unpaired) electrons. The molecule has 3 N–H and O–H groups in total. The summed E-state index contributed by atoms with van der Waals surface area (Å²) in [6.07, 6.45) is 8.20. The van der Waals surface area contributed by atoms with Gasteiger partial charge in [-0.3, -0.25) is 4.79 Å². The molecule has 164 valence electrons. The molecule has 0 bridgehead atoms. The number of ether oxygens (including phenoxy) is 2.